The molecule has 1 atom stereocenters. The molecule has 1 heterocycles. The molecule has 1 amide bonds. The van der Waals surface area contributed by atoms with Gasteiger partial charge in [0, 0.05) is 12.1 Å². The molecule has 1 unspecified atom stereocenters. The van der Waals surface area contributed by atoms with E-state index in [1.54, 1.807) is 6.08 Å². The van der Waals surface area contributed by atoms with E-state index in [9.17, 15) is 9.59 Å². The largest absolute Gasteiger partial charge is 0.488 e. The first-order valence-electron chi connectivity index (χ1n) is 5.22. The van der Waals surface area contributed by atoms with Gasteiger partial charge in [0.1, 0.15) is 0 Å². The van der Waals surface area contributed by atoms with E-state index in [-0.39, 0.29) is 16.5 Å². The quantitative estimate of drug-likeness (QED) is 0.881. The molecule has 0 fully saturated rings. The fraction of sp³-hybridized carbons (Fsp3) is 0.167. The van der Waals surface area contributed by atoms with Crippen molar-refractivity contribution in [2.75, 3.05) is 5.32 Å². The average Bonchev–Trinajstić information content (AvgIpc) is 2.85. The summed E-state index contributed by atoms with van der Waals surface area (Å²) >= 11 is 5.73. The lowest BCUT2D eigenvalue weighted by atomic mass is 10.2. The van der Waals surface area contributed by atoms with Gasteiger partial charge in [-0.05, 0) is 24.3 Å². The highest BCUT2D eigenvalue weighted by Crippen LogP contribution is 2.21. The first-order valence-corrected chi connectivity index (χ1v) is 5.60. The third-order valence-electron chi connectivity index (χ3n) is 2.45. The van der Waals surface area contributed by atoms with E-state index >= 15 is 0 Å². The molecule has 1 aliphatic rings. The number of hydrogen-bond donors (Lipinski definition) is 2. The third kappa shape index (κ3) is 2.62. The Morgan fingerprint density at radius 3 is 2.83 bits per heavy atom. The molecule has 2 rings (SSSR count). The first-order chi connectivity index (χ1) is 8.58. The van der Waals surface area contributed by atoms with Gasteiger partial charge < -0.3 is 15.2 Å². The molecule has 0 radical (unpaired) electrons. The summed E-state index contributed by atoms with van der Waals surface area (Å²) < 4.78 is 5.05. The summed E-state index contributed by atoms with van der Waals surface area (Å²) in [6.45, 7) is 0. The predicted octanol–water partition coefficient (Wildman–Crippen LogP) is 2.28. The molecule has 0 spiro atoms. The van der Waals surface area contributed by atoms with Crippen molar-refractivity contribution in [3.8, 4) is 0 Å². The van der Waals surface area contributed by atoms with Gasteiger partial charge in [-0.15, -0.1) is 0 Å². The van der Waals surface area contributed by atoms with Gasteiger partial charge in [0.2, 0.25) is 0 Å². The minimum absolute atomic E-state index is 0.0556. The fourth-order valence-corrected chi connectivity index (χ4v) is 1.74. The lowest BCUT2D eigenvalue weighted by Crippen LogP contribution is -2.26. The number of amides is 1. The van der Waals surface area contributed by atoms with Crippen molar-refractivity contribution < 1.29 is 19.4 Å². The zero-order valence-electron chi connectivity index (χ0n) is 9.22. The standard InChI is InChI=1S/C12H10ClNO4/c13-9-4-3-7(6-8(9)12(16)17)14-11(15)10-2-1-5-18-10/h1,3-6,10H,2H2,(H,14,15)(H,16,17). The minimum atomic E-state index is -1.14. The Bertz CT molecular complexity index is 519. The van der Waals surface area contributed by atoms with Crippen LogP contribution in [0.5, 0.6) is 0 Å². The number of rotatable bonds is 3. The van der Waals surface area contributed by atoms with Crippen molar-refractivity contribution in [1.82, 2.24) is 0 Å². The van der Waals surface area contributed by atoms with Crippen LogP contribution in [0.4, 0.5) is 5.69 Å². The van der Waals surface area contributed by atoms with Crippen molar-refractivity contribution in [3.63, 3.8) is 0 Å². The van der Waals surface area contributed by atoms with Gasteiger partial charge in [0.25, 0.3) is 5.91 Å². The number of halogens is 1. The van der Waals surface area contributed by atoms with Crippen LogP contribution in [-0.2, 0) is 9.53 Å². The van der Waals surface area contributed by atoms with Gasteiger partial charge in [-0.2, -0.15) is 0 Å². The van der Waals surface area contributed by atoms with E-state index in [1.165, 1.54) is 24.5 Å². The lowest BCUT2D eigenvalue weighted by Gasteiger charge is -2.11. The summed E-state index contributed by atoms with van der Waals surface area (Å²) in [4.78, 5) is 22.6. The van der Waals surface area contributed by atoms with Crippen LogP contribution in [0.25, 0.3) is 0 Å². The Labute approximate surface area is 108 Å². The van der Waals surface area contributed by atoms with Gasteiger partial charge in [0.05, 0.1) is 16.8 Å². The Balaban J connectivity index is 2.12. The first kappa shape index (κ1) is 12.4. The summed E-state index contributed by atoms with van der Waals surface area (Å²) in [5.74, 6) is -1.46. The van der Waals surface area contributed by atoms with Crippen molar-refractivity contribution in [1.29, 1.82) is 0 Å². The van der Waals surface area contributed by atoms with Crippen LogP contribution in [0.2, 0.25) is 5.02 Å². The van der Waals surface area contributed by atoms with Gasteiger partial charge in [-0.1, -0.05) is 11.6 Å². The smallest absolute Gasteiger partial charge is 0.337 e. The highest BCUT2D eigenvalue weighted by molar-refractivity contribution is 6.33. The molecule has 2 N–H and O–H groups in total. The van der Waals surface area contributed by atoms with Gasteiger partial charge in [-0.25, -0.2) is 4.79 Å². The Morgan fingerprint density at radius 1 is 1.44 bits per heavy atom. The van der Waals surface area contributed by atoms with Crippen molar-refractivity contribution in [2.24, 2.45) is 0 Å². The number of nitrogens with one attached hydrogen (secondary N) is 1. The highest BCUT2D eigenvalue weighted by Gasteiger charge is 2.21. The molecule has 0 aromatic heterocycles. The molecular formula is C12H10ClNO4. The maximum atomic E-state index is 11.7. The second kappa shape index (κ2) is 5.10. The molecule has 1 aromatic carbocycles. The SMILES string of the molecule is O=C(O)c1cc(NC(=O)C2CC=CO2)ccc1Cl. The molecule has 5 nitrogen and oxygen atoms in total. The zero-order valence-corrected chi connectivity index (χ0v) is 9.98. The number of carbonyl (C=O) groups excluding carboxylic acids is 1. The molecule has 1 aliphatic heterocycles. The molecule has 0 bridgehead atoms. The van der Waals surface area contributed by atoms with E-state index in [0.29, 0.717) is 12.1 Å². The number of carboxylic acid groups (broad SMARTS) is 1. The molecule has 6 heteroatoms. The van der Waals surface area contributed by atoms with Crippen molar-refractivity contribution in [2.45, 2.75) is 12.5 Å². The molecule has 0 saturated carbocycles. The van der Waals surface area contributed by atoms with Crippen molar-refractivity contribution in [3.05, 3.63) is 41.1 Å². The van der Waals surface area contributed by atoms with Crippen LogP contribution in [0.3, 0.4) is 0 Å². The monoisotopic (exact) mass is 267 g/mol. The number of ether oxygens (including phenoxy) is 1. The van der Waals surface area contributed by atoms with E-state index in [4.69, 9.17) is 21.4 Å². The summed E-state index contributed by atoms with van der Waals surface area (Å²) in [5.41, 5.74) is 0.317. The summed E-state index contributed by atoms with van der Waals surface area (Å²) in [5, 5.41) is 11.6. The van der Waals surface area contributed by atoms with Crippen LogP contribution >= 0.6 is 11.6 Å². The third-order valence-corrected chi connectivity index (χ3v) is 2.78. The second-order valence-corrected chi connectivity index (χ2v) is 4.13. The van der Waals surface area contributed by atoms with E-state index < -0.39 is 12.1 Å². The predicted molar refractivity (Wildman–Crippen MR) is 65.7 cm³/mol. The molecule has 1 aromatic rings. The number of anilines is 1. The van der Waals surface area contributed by atoms with Crippen molar-refractivity contribution >= 4 is 29.2 Å². The lowest BCUT2D eigenvalue weighted by molar-refractivity contribution is -0.123. The molecule has 18 heavy (non-hydrogen) atoms. The normalized spacial score (nSPS) is 17.3. The number of benzene rings is 1. The molecule has 94 valence electrons. The topological polar surface area (TPSA) is 75.6 Å². The molecule has 0 aliphatic carbocycles. The van der Waals surface area contributed by atoms with Gasteiger partial charge in [-0.3, -0.25) is 4.79 Å². The van der Waals surface area contributed by atoms with E-state index in [2.05, 4.69) is 5.32 Å². The minimum Gasteiger partial charge on any atom is -0.488 e. The maximum absolute atomic E-state index is 11.7. The summed E-state index contributed by atoms with van der Waals surface area (Å²) in [7, 11) is 0. The van der Waals surface area contributed by atoms with E-state index in [1.807, 2.05) is 0 Å². The fourth-order valence-electron chi connectivity index (χ4n) is 1.54. The molecular weight excluding hydrogens is 258 g/mol. The van der Waals surface area contributed by atoms with Crippen LogP contribution in [0, 0.1) is 0 Å². The molecule has 0 saturated heterocycles. The summed E-state index contributed by atoms with van der Waals surface area (Å²) in [6.07, 6.45) is 3.16. The van der Waals surface area contributed by atoms with E-state index in [0.717, 1.165) is 0 Å². The Hall–Kier alpha value is -2.01. The number of aromatic carboxylic acids is 1. The number of hydrogen-bond acceptors (Lipinski definition) is 3. The highest BCUT2D eigenvalue weighted by atomic mass is 35.5. The maximum Gasteiger partial charge on any atom is 0.337 e. The number of carboxylic acids is 1. The average molecular weight is 268 g/mol. The van der Waals surface area contributed by atoms with Gasteiger partial charge >= 0.3 is 5.97 Å². The Kier molecular flexibility index (Phi) is 3.53. The number of carbonyl (C=O) groups is 2. The van der Waals surface area contributed by atoms with Gasteiger partial charge in [0.15, 0.2) is 6.10 Å². The summed E-state index contributed by atoms with van der Waals surface area (Å²) in [6, 6.07) is 4.27. The van der Waals surface area contributed by atoms with Crippen LogP contribution in [-0.4, -0.2) is 23.1 Å². The van der Waals surface area contributed by atoms with Crippen LogP contribution in [0.15, 0.2) is 30.5 Å². The van der Waals surface area contributed by atoms with Crippen LogP contribution < -0.4 is 5.32 Å². The zero-order chi connectivity index (χ0) is 13.1. The Morgan fingerprint density at radius 2 is 2.22 bits per heavy atom. The second-order valence-electron chi connectivity index (χ2n) is 3.72. The van der Waals surface area contributed by atoms with Crippen LogP contribution in [0.1, 0.15) is 16.8 Å².